The van der Waals surface area contributed by atoms with Crippen LogP contribution in [-0.4, -0.2) is 58.7 Å². The molecule has 2 aliphatic rings. The highest BCUT2D eigenvalue weighted by molar-refractivity contribution is 7.80. The summed E-state index contributed by atoms with van der Waals surface area (Å²) in [6, 6.07) is -2.50. The Bertz CT molecular complexity index is 446. The number of hydroxylamine groups is 2. The van der Waals surface area contributed by atoms with E-state index in [4.69, 9.17) is 9.66 Å². The first-order valence-corrected chi connectivity index (χ1v) is 5.66. The van der Waals surface area contributed by atoms with Gasteiger partial charge in [0.1, 0.15) is 6.04 Å². The molecule has 0 aromatic heterocycles. The highest BCUT2D eigenvalue weighted by atomic mass is 32.3. The van der Waals surface area contributed by atoms with Gasteiger partial charge in [0.2, 0.25) is 0 Å². The number of carbonyl (C=O) groups is 2. The van der Waals surface area contributed by atoms with Crippen LogP contribution in [0.25, 0.3) is 0 Å². The van der Waals surface area contributed by atoms with Crippen LogP contribution in [-0.2, 0) is 19.5 Å². The van der Waals surface area contributed by atoms with Gasteiger partial charge in [-0.3, -0.25) is 4.55 Å². The standard InChI is InChI=1S/C6H8N2O7S/c9-5(10)4-1-3-2-7(4)6(11)8(3)15-16(12,13)14/h3-4H,1-2H2,(H,9,10)(H,12,13,14)/t3-,4+/m1/s1. The molecule has 2 saturated heterocycles. The van der Waals surface area contributed by atoms with E-state index in [1.807, 2.05) is 0 Å². The van der Waals surface area contributed by atoms with Crippen LogP contribution in [0.15, 0.2) is 0 Å². The zero-order valence-corrected chi connectivity index (χ0v) is 8.62. The molecule has 0 unspecified atom stereocenters. The average molecular weight is 252 g/mol. The number of amides is 2. The van der Waals surface area contributed by atoms with E-state index in [-0.39, 0.29) is 13.0 Å². The third-order valence-corrected chi connectivity index (χ3v) is 2.85. The zero-order valence-electron chi connectivity index (χ0n) is 7.81. The highest BCUT2D eigenvalue weighted by Gasteiger charge is 2.53. The summed E-state index contributed by atoms with van der Waals surface area (Å²) in [5.74, 6) is -1.15. The van der Waals surface area contributed by atoms with Gasteiger partial charge < -0.3 is 10.0 Å². The highest BCUT2D eigenvalue weighted by Crippen LogP contribution is 2.32. The molecule has 0 aromatic rings. The smallest absolute Gasteiger partial charge is 0.418 e. The number of aliphatic carboxylic acids is 1. The minimum Gasteiger partial charge on any atom is -0.480 e. The predicted octanol–water partition coefficient (Wildman–Crippen LogP) is -1.32. The molecule has 2 atom stereocenters. The fourth-order valence-electron chi connectivity index (χ4n) is 1.91. The zero-order chi connectivity index (χ0) is 12.1. The Morgan fingerprint density at radius 2 is 2.12 bits per heavy atom. The molecule has 2 N–H and O–H groups in total. The lowest BCUT2D eigenvalue weighted by Crippen LogP contribution is -2.48. The third-order valence-electron chi connectivity index (χ3n) is 2.50. The third kappa shape index (κ3) is 1.70. The summed E-state index contributed by atoms with van der Waals surface area (Å²) in [6.07, 6.45) is 0.0661. The van der Waals surface area contributed by atoms with Gasteiger partial charge in [0, 0.05) is 13.0 Å². The number of hydrogen-bond acceptors (Lipinski definition) is 5. The van der Waals surface area contributed by atoms with Crippen molar-refractivity contribution in [1.82, 2.24) is 9.96 Å². The largest absolute Gasteiger partial charge is 0.480 e. The molecule has 2 bridgehead atoms. The molecular formula is C6H8N2O7S. The van der Waals surface area contributed by atoms with Crippen molar-refractivity contribution < 1.29 is 31.9 Å². The van der Waals surface area contributed by atoms with Crippen molar-refractivity contribution in [3.05, 3.63) is 0 Å². The van der Waals surface area contributed by atoms with Crippen LogP contribution in [0.2, 0.25) is 0 Å². The van der Waals surface area contributed by atoms with Crippen LogP contribution >= 0.6 is 0 Å². The number of urea groups is 1. The van der Waals surface area contributed by atoms with Gasteiger partial charge >= 0.3 is 22.4 Å². The molecule has 0 aliphatic carbocycles. The molecule has 10 heteroatoms. The fraction of sp³-hybridized carbons (Fsp3) is 0.667. The summed E-state index contributed by atoms with van der Waals surface area (Å²) in [5.41, 5.74) is 0. The maximum absolute atomic E-state index is 11.4. The lowest BCUT2D eigenvalue weighted by molar-refractivity contribution is -0.143. The molecule has 2 fully saturated rings. The number of rotatable bonds is 3. The summed E-state index contributed by atoms with van der Waals surface area (Å²) in [5, 5.41) is 9.23. The Kier molecular flexibility index (Phi) is 2.29. The van der Waals surface area contributed by atoms with Crippen molar-refractivity contribution in [3.63, 3.8) is 0 Å². The minimum absolute atomic E-state index is 0.0661. The van der Waals surface area contributed by atoms with Crippen molar-refractivity contribution in [2.24, 2.45) is 0 Å². The van der Waals surface area contributed by atoms with Crippen molar-refractivity contribution in [2.45, 2.75) is 18.5 Å². The number of nitrogens with zero attached hydrogens (tertiary/aromatic N) is 2. The molecule has 16 heavy (non-hydrogen) atoms. The molecular weight excluding hydrogens is 244 g/mol. The van der Waals surface area contributed by atoms with E-state index in [0.29, 0.717) is 5.06 Å². The first-order chi connectivity index (χ1) is 7.29. The van der Waals surface area contributed by atoms with Gasteiger partial charge in [0.15, 0.2) is 0 Å². The molecule has 0 radical (unpaired) electrons. The van der Waals surface area contributed by atoms with E-state index in [1.165, 1.54) is 0 Å². The van der Waals surface area contributed by atoms with Crippen molar-refractivity contribution in [2.75, 3.05) is 6.54 Å². The number of carboxylic acid groups (broad SMARTS) is 1. The fourth-order valence-corrected chi connectivity index (χ4v) is 2.29. The number of carbonyl (C=O) groups excluding carboxylic acids is 1. The quantitative estimate of drug-likeness (QED) is 0.597. The number of fused-ring (bicyclic) bond motifs is 2. The predicted molar refractivity (Wildman–Crippen MR) is 46.4 cm³/mol. The lowest BCUT2D eigenvalue weighted by Gasteiger charge is -2.27. The minimum atomic E-state index is -4.77. The topological polar surface area (TPSA) is 124 Å². The van der Waals surface area contributed by atoms with E-state index >= 15 is 0 Å². The van der Waals surface area contributed by atoms with Crippen LogP contribution in [0.1, 0.15) is 6.42 Å². The Hall–Kier alpha value is -1.39. The molecule has 90 valence electrons. The Morgan fingerprint density at radius 1 is 1.50 bits per heavy atom. The summed E-state index contributed by atoms with van der Waals surface area (Å²) >= 11 is 0. The van der Waals surface area contributed by atoms with Crippen molar-refractivity contribution >= 4 is 22.4 Å². The Morgan fingerprint density at radius 3 is 2.56 bits per heavy atom. The van der Waals surface area contributed by atoms with Gasteiger partial charge in [-0.05, 0) is 0 Å². The monoisotopic (exact) mass is 252 g/mol. The second-order valence-electron chi connectivity index (χ2n) is 3.51. The van der Waals surface area contributed by atoms with Crippen LogP contribution in [0.5, 0.6) is 0 Å². The molecule has 2 amide bonds. The Balaban J connectivity index is 2.15. The van der Waals surface area contributed by atoms with E-state index in [0.717, 1.165) is 4.90 Å². The summed E-state index contributed by atoms with van der Waals surface area (Å²) in [4.78, 5) is 23.1. The molecule has 2 aliphatic heterocycles. The van der Waals surface area contributed by atoms with Gasteiger partial charge in [-0.1, -0.05) is 0 Å². The number of carboxylic acids is 1. The van der Waals surface area contributed by atoms with E-state index in [1.54, 1.807) is 0 Å². The van der Waals surface area contributed by atoms with Crippen molar-refractivity contribution in [3.8, 4) is 0 Å². The van der Waals surface area contributed by atoms with Gasteiger partial charge in [-0.15, -0.1) is 4.28 Å². The maximum Gasteiger partial charge on any atom is 0.418 e. The van der Waals surface area contributed by atoms with Gasteiger partial charge in [-0.25, -0.2) is 9.59 Å². The SMILES string of the molecule is O=C(O)[C@@H]1C[C@@H]2CN1C(=O)N2OS(=O)(=O)O. The second kappa shape index (κ2) is 3.30. The van der Waals surface area contributed by atoms with Crippen LogP contribution in [0.4, 0.5) is 4.79 Å². The number of hydrogen-bond donors (Lipinski definition) is 2. The van der Waals surface area contributed by atoms with E-state index < -0.39 is 34.5 Å². The van der Waals surface area contributed by atoms with Gasteiger partial charge in [0.05, 0.1) is 6.04 Å². The molecule has 2 rings (SSSR count). The summed E-state index contributed by atoms with van der Waals surface area (Å²) in [6.45, 7) is 0.0747. The molecule has 0 spiro atoms. The normalized spacial score (nSPS) is 28.9. The molecule has 2 heterocycles. The van der Waals surface area contributed by atoms with E-state index in [9.17, 15) is 18.0 Å². The van der Waals surface area contributed by atoms with Crippen molar-refractivity contribution in [1.29, 1.82) is 0 Å². The van der Waals surface area contributed by atoms with Gasteiger partial charge in [0.25, 0.3) is 0 Å². The molecule has 0 saturated carbocycles. The van der Waals surface area contributed by atoms with Crippen LogP contribution in [0.3, 0.4) is 0 Å². The average Bonchev–Trinajstić information content (AvgIpc) is 2.64. The molecule has 9 nitrogen and oxygen atoms in total. The van der Waals surface area contributed by atoms with Crippen LogP contribution in [0, 0.1) is 0 Å². The first-order valence-electron chi connectivity index (χ1n) is 4.29. The Labute approximate surface area is 90.1 Å². The summed E-state index contributed by atoms with van der Waals surface area (Å²) in [7, 11) is -4.77. The first kappa shape index (κ1) is 11.1. The van der Waals surface area contributed by atoms with Crippen LogP contribution < -0.4 is 0 Å². The maximum atomic E-state index is 11.4. The van der Waals surface area contributed by atoms with Gasteiger partial charge in [-0.2, -0.15) is 13.5 Å². The second-order valence-corrected chi connectivity index (χ2v) is 4.51. The summed E-state index contributed by atoms with van der Waals surface area (Å²) < 4.78 is 33.3. The lowest BCUT2D eigenvalue weighted by atomic mass is 10.1. The molecule has 0 aromatic carbocycles. The van der Waals surface area contributed by atoms with E-state index in [2.05, 4.69) is 4.28 Å².